The van der Waals surface area contributed by atoms with Crippen molar-refractivity contribution in [2.75, 3.05) is 18.4 Å². The molecule has 0 aliphatic carbocycles. The third kappa shape index (κ3) is 4.56. The van der Waals surface area contributed by atoms with Crippen molar-refractivity contribution >= 4 is 22.5 Å². The number of hydrogen-bond acceptors (Lipinski definition) is 5. The lowest BCUT2D eigenvalue weighted by Crippen LogP contribution is -2.30. The first-order valence-electron chi connectivity index (χ1n) is 10.2. The molecule has 0 radical (unpaired) electrons. The molecule has 1 aliphatic heterocycles. The summed E-state index contributed by atoms with van der Waals surface area (Å²) < 4.78 is 5.61. The fraction of sp³-hybridized carbons (Fsp3) is 0.409. The fourth-order valence-corrected chi connectivity index (χ4v) is 3.63. The van der Waals surface area contributed by atoms with Gasteiger partial charge in [-0.05, 0) is 57.5 Å². The van der Waals surface area contributed by atoms with Gasteiger partial charge in [0.15, 0.2) is 0 Å². The Bertz CT molecular complexity index is 973. The first-order valence-corrected chi connectivity index (χ1v) is 10.2. The first-order chi connectivity index (χ1) is 14.1. The molecule has 1 atom stereocenters. The van der Waals surface area contributed by atoms with E-state index in [9.17, 15) is 4.79 Å². The van der Waals surface area contributed by atoms with Crippen molar-refractivity contribution in [1.82, 2.24) is 20.5 Å². The predicted octanol–water partition coefficient (Wildman–Crippen LogP) is 3.74. The number of aromatic nitrogens is 3. The van der Waals surface area contributed by atoms with Crippen LogP contribution in [0.25, 0.3) is 22.2 Å². The summed E-state index contributed by atoms with van der Waals surface area (Å²) in [5.41, 5.74) is 3.39. The van der Waals surface area contributed by atoms with Gasteiger partial charge in [0, 0.05) is 35.4 Å². The van der Waals surface area contributed by atoms with Gasteiger partial charge in [-0.25, -0.2) is 4.98 Å². The van der Waals surface area contributed by atoms with E-state index in [2.05, 4.69) is 25.8 Å². The number of aromatic amines is 1. The van der Waals surface area contributed by atoms with E-state index in [4.69, 9.17) is 4.74 Å². The molecule has 0 bridgehead atoms. The minimum Gasteiger partial charge on any atom is -0.475 e. The Hall–Kier alpha value is -2.93. The van der Waals surface area contributed by atoms with Gasteiger partial charge in [-0.1, -0.05) is 6.42 Å². The molecule has 7 nitrogen and oxygen atoms in total. The van der Waals surface area contributed by atoms with Crippen LogP contribution >= 0.6 is 0 Å². The molecule has 1 fully saturated rings. The summed E-state index contributed by atoms with van der Waals surface area (Å²) in [7, 11) is 0. The molecule has 1 saturated heterocycles. The highest BCUT2D eigenvalue weighted by Gasteiger charge is 2.20. The lowest BCUT2D eigenvalue weighted by Gasteiger charge is -2.14. The number of anilines is 1. The zero-order valence-electron chi connectivity index (χ0n) is 16.9. The second-order valence-corrected chi connectivity index (χ2v) is 7.77. The Morgan fingerprint density at radius 2 is 2.14 bits per heavy atom. The number of benzene rings is 1. The van der Waals surface area contributed by atoms with E-state index in [0.29, 0.717) is 5.88 Å². The van der Waals surface area contributed by atoms with E-state index in [1.807, 2.05) is 44.2 Å². The van der Waals surface area contributed by atoms with Crippen LogP contribution in [0.4, 0.5) is 5.69 Å². The Labute approximate surface area is 170 Å². The van der Waals surface area contributed by atoms with Crippen molar-refractivity contribution in [1.29, 1.82) is 0 Å². The number of H-pyrrole nitrogens is 1. The fourth-order valence-electron chi connectivity index (χ4n) is 3.63. The second-order valence-electron chi connectivity index (χ2n) is 7.77. The lowest BCUT2D eigenvalue weighted by molar-refractivity contribution is -0.119. The number of ether oxygens (including phenoxy) is 1. The number of nitrogens with one attached hydrogen (secondary N) is 3. The van der Waals surface area contributed by atoms with Gasteiger partial charge < -0.3 is 15.4 Å². The minimum atomic E-state index is 0.00900. The molecule has 2 aromatic heterocycles. The highest BCUT2D eigenvalue weighted by atomic mass is 16.5. The maximum Gasteiger partial charge on any atom is 0.228 e. The monoisotopic (exact) mass is 393 g/mol. The maximum absolute atomic E-state index is 12.7. The van der Waals surface area contributed by atoms with Gasteiger partial charge in [0.05, 0.1) is 17.5 Å². The van der Waals surface area contributed by atoms with Crippen molar-refractivity contribution in [3.8, 4) is 17.1 Å². The summed E-state index contributed by atoms with van der Waals surface area (Å²) >= 11 is 0. The highest BCUT2D eigenvalue weighted by molar-refractivity contribution is 5.99. The number of hydrogen-bond donors (Lipinski definition) is 3. The van der Waals surface area contributed by atoms with Crippen LogP contribution in [0, 0.1) is 5.92 Å². The van der Waals surface area contributed by atoms with Crippen LogP contribution in [0.5, 0.6) is 5.88 Å². The Balaban J connectivity index is 1.55. The zero-order chi connectivity index (χ0) is 20.2. The largest absolute Gasteiger partial charge is 0.475 e. The summed E-state index contributed by atoms with van der Waals surface area (Å²) in [4.78, 5) is 17.0. The molecule has 1 amide bonds. The minimum absolute atomic E-state index is 0.00900. The molecule has 3 N–H and O–H groups in total. The molecule has 0 saturated carbocycles. The van der Waals surface area contributed by atoms with Gasteiger partial charge in [-0.2, -0.15) is 5.10 Å². The average molecular weight is 393 g/mol. The zero-order valence-corrected chi connectivity index (χ0v) is 16.9. The van der Waals surface area contributed by atoms with Gasteiger partial charge in [-0.15, -0.1) is 0 Å². The van der Waals surface area contributed by atoms with Crippen LogP contribution < -0.4 is 15.4 Å². The summed E-state index contributed by atoms with van der Waals surface area (Å²) in [5.74, 6) is 0.670. The topological polar surface area (TPSA) is 91.9 Å². The molecule has 3 aromatic rings. The van der Waals surface area contributed by atoms with Crippen LogP contribution in [0.15, 0.2) is 36.5 Å². The van der Waals surface area contributed by atoms with Crippen molar-refractivity contribution < 1.29 is 9.53 Å². The van der Waals surface area contributed by atoms with E-state index in [1.54, 1.807) is 6.20 Å². The van der Waals surface area contributed by atoms with Crippen molar-refractivity contribution in [2.24, 2.45) is 5.92 Å². The van der Waals surface area contributed by atoms with E-state index < -0.39 is 0 Å². The van der Waals surface area contributed by atoms with E-state index >= 15 is 0 Å². The number of carbonyl (C=O) groups excluding carboxylic acids is 1. The third-order valence-corrected chi connectivity index (χ3v) is 5.11. The van der Waals surface area contributed by atoms with E-state index in [-0.39, 0.29) is 17.9 Å². The molecule has 4 rings (SSSR count). The molecular formula is C22H27N5O2. The van der Waals surface area contributed by atoms with Gasteiger partial charge in [0.2, 0.25) is 11.8 Å². The summed E-state index contributed by atoms with van der Waals surface area (Å²) in [5, 5.41) is 14.9. The van der Waals surface area contributed by atoms with Crippen LogP contribution in [0.1, 0.15) is 33.1 Å². The van der Waals surface area contributed by atoms with Gasteiger partial charge >= 0.3 is 0 Å². The molecule has 152 valence electrons. The summed E-state index contributed by atoms with van der Waals surface area (Å²) in [6, 6.07) is 9.61. The van der Waals surface area contributed by atoms with Crippen LogP contribution in [0.2, 0.25) is 0 Å². The number of rotatable bonds is 5. The molecule has 29 heavy (non-hydrogen) atoms. The van der Waals surface area contributed by atoms with Crippen molar-refractivity contribution in [3.63, 3.8) is 0 Å². The molecule has 1 aromatic carbocycles. The number of fused-ring (bicyclic) bond motifs is 1. The Morgan fingerprint density at radius 3 is 2.93 bits per heavy atom. The number of pyridine rings is 1. The van der Waals surface area contributed by atoms with Crippen LogP contribution in [-0.4, -0.2) is 40.3 Å². The quantitative estimate of drug-likeness (QED) is 0.614. The van der Waals surface area contributed by atoms with E-state index in [0.717, 1.165) is 60.2 Å². The summed E-state index contributed by atoms with van der Waals surface area (Å²) in [6.45, 7) is 5.67. The standard InChI is InChI=1S/C22H27N5O2/c1-14(2)29-20-9-6-15(13-24-20)21-18-11-17(7-8-19(18)26-27-21)25-22(28)16-5-3-4-10-23-12-16/h6-9,11,13-14,16,23H,3-5,10,12H2,1-2H3,(H,25,28)(H,26,27)/t16-/m0/s1. The SMILES string of the molecule is CC(C)Oc1ccc(-c2n[nH]c3ccc(NC(=O)[C@H]4CCCCNC4)cc23)cn1. The van der Waals surface area contributed by atoms with Gasteiger partial charge in [0.1, 0.15) is 5.69 Å². The smallest absolute Gasteiger partial charge is 0.228 e. The number of amides is 1. The second kappa shape index (κ2) is 8.61. The normalized spacial score (nSPS) is 17.3. The molecule has 0 unspecified atom stereocenters. The predicted molar refractivity (Wildman–Crippen MR) is 114 cm³/mol. The Morgan fingerprint density at radius 1 is 1.24 bits per heavy atom. The Kier molecular flexibility index (Phi) is 5.76. The van der Waals surface area contributed by atoms with Crippen LogP contribution in [-0.2, 0) is 4.79 Å². The molecule has 1 aliphatic rings. The highest BCUT2D eigenvalue weighted by Crippen LogP contribution is 2.29. The molecule has 3 heterocycles. The van der Waals surface area contributed by atoms with Gasteiger partial charge in [0.25, 0.3) is 0 Å². The number of nitrogens with zero attached hydrogens (tertiary/aromatic N) is 2. The number of carbonyl (C=O) groups is 1. The van der Waals surface area contributed by atoms with Crippen molar-refractivity contribution in [2.45, 2.75) is 39.2 Å². The van der Waals surface area contributed by atoms with Gasteiger partial charge in [-0.3, -0.25) is 9.89 Å². The third-order valence-electron chi connectivity index (χ3n) is 5.11. The maximum atomic E-state index is 12.7. The van der Waals surface area contributed by atoms with Crippen molar-refractivity contribution in [3.05, 3.63) is 36.5 Å². The first kappa shape index (κ1) is 19.4. The molecule has 7 heteroatoms. The lowest BCUT2D eigenvalue weighted by atomic mass is 10.0. The summed E-state index contributed by atoms with van der Waals surface area (Å²) in [6.07, 6.45) is 4.97. The average Bonchev–Trinajstić information content (AvgIpc) is 2.93. The van der Waals surface area contributed by atoms with Crippen LogP contribution in [0.3, 0.4) is 0 Å². The van der Waals surface area contributed by atoms with E-state index in [1.165, 1.54) is 0 Å². The molecular weight excluding hydrogens is 366 g/mol. The molecule has 0 spiro atoms.